The molecule has 2 aromatic rings. The van der Waals surface area contributed by atoms with Gasteiger partial charge in [0.1, 0.15) is 0 Å². The minimum Gasteiger partial charge on any atom is -0.504 e. The van der Waals surface area contributed by atoms with E-state index >= 15 is 0 Å². The second-order valence-corrected chi connectivity index (χ2v) is 8.58. The Morgan fingerprint density at radius 2 is 1.94 bits per heavy atom. The van der Waals surface area contributed by atoms with E-state index in [4.69, 9.17) is 9.47 Å². The third kappa shape index (κ3) is 3.90. The molecule has 6 heteroatoms. The van der Waals surface area contributed by atoms with E-state index in [1.54, 1.807) is 20.3 Å². The highest BCUT2D eigenvalue weighted by molar-refractivity contribution is 5.76. The Bertz CT molecular complexity index is 937. The van der Waals surface area contributed by atoms with Gasteiger partial charge in [0.15, 0.2) is 11.5 Å². The molecule has 166 valence electrons. The summed E-state index contributed by atoms with van der Waals surface area (Å²) in [6, 6.07) is 13.9. The van der Waals surface area contributed by atoms with Crippen molar-refractivity contribution in [2.45, 2.75) is 50.3 Å². The summed E-state index contributed by atoms with van der Waals surface area (Å²) >= 11 is 0. The maximum absolute atomic E-state index is 12.2. The fraction of sp³-hybridized carbons (Fsp3) is 0.480. The molecule has 0 bridgehead atoms. The maximum atomic E-state index is 12.2. The van der Waals surface area contributed by atoms with Crippen LogP contribution in [0.4, 0.5) is 0 Å². The molecule has 1 saturated heterocycles. The van der Waals surface area contributed by atoms with Crippen LogP contribution in [-0.2, 0) is 21.5 Å². The average Bonchev–Trinajstić information content (AvgIpc) is 3.04. The summed E-state index contributed by atoms with van der Waals surface area (Å²) in [5.74, 6) is 0.717. The first-order valence-corrected chi connectivity index (χ1v) is 11.0. The van der Waals surface area contributed by atoms with E-state index in [2.05, 4.69) is 28.4 Å². The van der Waals surface area contributed by atoms with Crippen LogP contribution in [0, 0.1) is 0 Å². The minimum atomic E-state index is -0.112. The predicted molar refractivity (Wildman–Crippen MR) is 119 cm³/mol. The van der Waals surface area contributed by atoms with Crippen LogP contribution in [0.1, 0.15) is 48.9 Å². The minimum absolute atomic E-state index is 0.0515. The van der Waals surface area contributed by atoms with Crippen LogP contribution in [0.15, 0.2) is 42.5 Å². The summed E-state index contributed by atoms with van der Waals surface area (Å²) in [7, 11) is 3.32. The van der Waals surface area contributed by atoms with Crippen molar-refractivity contribution in [3.05, 3.63) is 59.2 Å². The van der Waals surface area contributed by atoms with Gasteiger partial charge in [0.25, 0.3) is 0 Å². The van der Waals surface area contributed by atoms with Crippen LogP contribution < -0.4 is 10.1 Å². The Morgan fingerprint density at radius 1 is 1.19 bits per heavy atom. The third-order valence-electron chi connectivity index (χ3n) is 6.97. The Morgan fingerprint density at radius 3 is 2.58 bits per heavy atom. The van der Waals surface area contributed by atoms with E-state index in [1.165, 1.54) is 11.1 Å². The van der Waals surface area contributed by atoms with Gasteiger partial charge in [0.05, 0.1) is 19.3 Å². The third-order valence-corrected chi connectivity index (χ3v) is 6.97. The molecule has 1 aliphatic heterocycles. The number of nitrogens with one attached hydrogen (secondary N) is 1. The molecule has 31 heavy (non-hydrogen) atoms. The average molecular weight is 425 g/mol. The largest absolute Gasteiger partial charge is 0.504 e. The number of likely N-dealkylation sites (tertiary alicyclic amines) is 1. The van der Waals surface area contributed by atoms with Crippen LogP contribution in [0.25, 0.3) is 0 Å². The predicted octanol–water partition coefficient (Wildman–Crippen LogP) is 3.53. The Balaban J connectivity index is 1.53. The van der Waals surface area contributed by atoms with E-state index in [-0.39, 0.29) is 29.2 Å². The smallest absolute Gasteiger partial charge is 0.220 e. The summed E-state index contributed by atoms with van der Waals surface area (Å²) in [5, 5.41) is 13.3. The number of ether oxygens (including phenoxy) is 2. The number of hydrogen-bond acceptors (Lipinski definition) is 5. The van der Waals surface area contributed by atoms with Gasteiger partial charge in [-0.05, 0) is 54.8 Å². The van der Waals surface area contributed by atoms with Crippen molar-refractivity contribution in [2.75, 3.05) is 27.3 Å². The molecule has 1 heterocycles. The lowest BCUT2D eigenvalue weighted by molar-refractivity contribution is -0.123. The molecular formula is C25H32N2O4. The lowest BCUT2D eigenvalue weighted by Gasteiger charge is -2.44. The number of carbonyl (C=O) groups is 1. The highest BCUT2D eigenvalue weighted by Crippen LogP contribution is 2.52. The molecule has 1 amide bonds. The number of aromatic hydroxyl groups is 1. The monoisotopic (exact) mass is 424 g/mol. The Hall–Kier alpha value is -2.57. The van der Waals surface area contributed by atoms with Crippen molar-refractivity contribution in [1.82, 2.24) is 10.2 Å². The first-order valence-electron chi connectivity index (χ1n) is 11.0. The first kappa shape index (κ1) is 21.7. The molecule has 2 atom stereocenters. The molecular weight excluding hydrogens is 392 g/mol. The zero-order valence-corrected chi connectivity index (χ0v) is 18.6. The number of hydrogen-bond donors (Lipinski definition) is 2. The highest BCUT2D eigenvalue weighted by Gasteiger charge is 2.53. The zero-order chi connectivity index (χ0) is 22.0. The summed E-state index contributed by atoms with van der Waals surface area (Å²) in [6.07, 6.45) is 2.31. The number of carbonyl (C=O) groups excluding carboxylic acids is 1. The molecule has 4 rings (SSSR count). The van der Waals surface area contributed by atoms with Crippen LogP contribution in [0.3, 0.4) is 0 Å². The number of phenolic OH excluding ortho intramolecular Hbond substituents is 1. The van der Waals surface area contributed by atoms with E-state index in [0.29, 0.717) is 12.2 Å². The van der Waals surface area contributed by atoms with Crippen molar-refractivity contribution in [1.29, 1.82) is 0 Å². The van der Waals surface area contributed by atoms with Gasteiger partial charge in [-0.2, -0.15) is 0 Å². The standard InChI is InChI=1S/C25H32N2O4/c1-4-22(29)26-23-18-7-5-6-8-19(18)25(24(23)31-3)11-13-27(14-12-25)16-17-9-10-21(30-2)20(28)15-17/h5-10,15,23-24,28H,4,11-14,16H2,1-3H3,(H,26,29)/t23-,24+/m0/s1. The van der Waals surface area contributed by atoms with Crippen LogP contribution in [-0.4, -0.2) is 49.3 Å². The molecule has 1 spiro atoms. The fourth-order valence-electron chi connectivity index (χ4n) is 5.40. The Labute approximate surface area is 184 Å². The van der Waals surface area contributed by atoms with Gasteiger partial charge in [-0.25, -0.2) is 0 Å². The fourth-order valence-corrected chi connectivity index (χ4v) is 5.40. The highest BCUT2D eigenvalue weighted by atomic mass is 16.5. The molecule has 2 aromatic carbocycles. The molecule has 0 saturated carbocycles. The second kappa shape index (κ2) is 8.89. The van der Waals surface area contributed by atoms with Gasteiger partial charge in [-0.1, -0.05) is 37.3 Å². The van der Waals surface area contributed by atoms with Gasteiger partial charge in [-0.3, -0.25) is 9.69 Å². The number of fused-ring (bicyclic) bond motifs is 2. The summed E-state index contributed by atoms with van der Waals surface area (Å²) < 4.78 is 11.2. The van der Waals surface area contributed by atoms with Crippen molar-refractivity contribution in [2.24, 2.45) is 0 Å². The van der Waals surface area contributed by atoms with Gasteiger partial charge >= 0.3 is 0 Å². The summed E-state index contributed by atoms with van der Waals surface area (Å²) in [5.41, 5.74) is 3.46. The van der Waals surface area contributed by atoms with E-state index in [1.807, 2.05) is 25.1 Å². The van der Waals surface area contributed by atoms with Crippen molar-refractivity contribution in [3.63, 3.8) is 0 Å². The number of nitrogens with zero attached hydrogens (tertiary/aromatic N) is 1. The second-order valence-electron chi connectivity index (χ2n) is 8.58. The van der Waals surface area contributed by atoms with E-state index < -0.39 is 0 Å². The molecule has 0 aromatic heterocycles. The van der Waals surface area contributed by atoms with Crippen LogP contribution in [0.2, 0.25) is 0 Å². The van der Waals surface area contributed by atoms with E-state index in [0.717, 1.165) is 38.0 Å². The quantitative estimate of drug-likeness (QED) is 0.742. The number of methoxy groups -OCH3 is 2. The Kier molecular flexibility index (Phi) is 6.21. The maximum Gasteiger partial charge on any atom is 0.220 e. The van der Waals surface area contributed by atoms with Crippen LogP contribution >= 0.6 is 0 Å². The molecule has 6 nitrogen and oxygen atoms in total. The van der Waals surface area contributed by atoms with E-state index in [9.17, 15) is 9.90 Å². The first-order chi connectivity index (χ1) is 15.0. The lowest BCUT2D eigenvalue weighted by Crippen LogP contribution is -2.50. The number of amides is 1. The molecule has 1 fully saturated rings. The van der Waals surface area contributed by atoms with Crippen molar-refractivity contribution < 1.29 is 19.4 Å². The van der Waals surface area contributed by atoms with Crippen molar-refractivity contribution >= 4 is 5.91 Å². The summed E-state index contributed by atoms with van der Waals surface area (Å²) in [4.78, 5) is 14.7. The zero-order valence-electron chi connectivity index (χ0n) is 18.6. The molecule has 0 unspecified atom stereocenters. The van der Waals surface area contributed by atoms with Crippen LogP contribution in [0.5, 0.6) is 11.5 Å². The summed E-state index contributed by atoms with van der Waals surface area (Å²) in [6.45, 7) is 4.51. The number of phenols is 1. The molecule has 1 aliphatic carbocycles. The SMILES string of the molecule is CCC(=O)N[C@H]1c2ccccc2C2(CCN(Cc3ccc(OC)c(O)c3)CC2)[C@@H]1OC. The molecule has 2 aliphatic rings. The molecule has 0 radical (unpaired) electrons. The van der Waals surface area contributed by atoms with Gasteiger partial charge < -0.3 is 19.9 Å². The van der Waals surface area contributed by atoms with Gasteiger partial charge in [0.2, 0.25) is 5.91 Å². The molecule has 2 N–H and O–H groups in total. The number of rotatable bonds is 6. The van der Waals surface area contributed by atoms with Gasteiger partial charge in [-0.15, -0.1) is 0 Å². The number of piperidine rings is 1. The van der Waals surface area contributed by atoms with Gasteiger partial charge in [0, 0.05) is 25.5 Å². The van der Waals surface area contributed by atoms with Crippen molar-refractivity contribution in [3.8, 4) is 11.5 Å². The normalized spacial score (nSPS) is 22.3. The number of benzene rings is 2. The lowest BCUT2D eigenvalue weighted by atomic mass is 9.72. The topological polar surface area (TPSA) is 71.0 Å².